The van der Waals surface area contributed by atoms with E-state index in [0.29, 0.717) is 12.1 Å². The molecule has 2 aromatic rings. The summed E-state index contributed by atoms with van der Waals surface area (Å²) in [6.07, 6.45) is -9.54. The lowest BCUT2D eigenvalue weighted by molar-refractivity contribution is -0.143. The van der Waals surface area contributed by atoms with Crippen molar-refractivity contribution in [1.82, 2.24) is 4.98 Å². The highest BCUT2D eigenvalue weighted by atomic mass is 19.4. The van der Waals surface area contributed by atoms with E-state index in [1.807, 2.05) is 0 Å². The summed E-state index contributed by atoms with van der Waals surface area (Å²) in [5.41, 5.74) is -2.84. The van der Waals surface area contributed by atoms with Crippen LogP contribution in [0.5, 0.6) is 0 Å². The number of nitrogens with zero attached hydrogens (tertiary/aromatic N) is 1. The van der Waals surface area contributed by atoms with Crippen LogP contribution in [0.2, 0.25) is 0 Å². The molecule has 0 spiro atoms. The van der Waals surface area contributed by atoms with Crippen LogP contribution >= 0.6 is 0 Å². The van der Waals surface area contributed by atoms with Gasteiger partial charge in [0.1, 0.15) is 6.10 Å². The van der Waals surface area contributed by atoms with E-state index >= 15 is 0 Å². The molecule has 9 heteroatoms. The molecule has 1 aromatic heterocycles. The lowest BCUT2D eigenvalue weighted by atomic mass is 10.1. The van der Waals surface area contributed by atoms with Gasteiger partial charge in [0.05, 0.1) is 30.0 Å². The Kier molecular flexibility index (Phi) is 5.69. The SMILES string of the molecule is OC(COCc1cc(C(F)(F)F)cc(C(F)(F)F)c1)c1ccccn1. The second-order valence-corrected chi connectivity index (χ2v) is 5.20. The van der Waals surface area contributed by atoms with Crippen molar-refractivity contribution in [1.29, 1.82) is 0 Å². The van der Waals surface area contributed by atoms with Crippen LogP contribution in [0, 0.1) is 0 Å². The van der Waals surface area contributed by atoms with E-state index in [4.69, 9.17) is 4.74 Å². The Bertz CT molecular complexity index is 668. The Labute approximate surface area is 138 Å². The molecule has 1 atom stereocenters. The van der Waals surface area contributed by atoms with Crippen LogP contribution in [0.15, 0.2) is 42.6 Å². The van der Waals surface area contributed by atoms with Crippen molar-refractivity contribution < 1.29 is 36.2 Å². The van der Waals surface area contributed by atoms with E-state index in [9.17, 15) is 31.4 Å². The first-order chi connectivity index (χ1) is 11.6. The number of hydrogen-bond acceptors (Lipinski definition) is 3. The fourth-order valence-electron chi connectivity index (χ4n) is 2.05. The van der Waals surface area contributed by atoms with Crippen LogP contribution in [0.25, 0.3) is 0 Å². The summed E-state index contributed by atoms with van der Waals surface area (Å²) in [7, 11) is 0. The number of rotatable bonds is 5. The fourth-order valence-corrected chi connectivity index (χ4v) is 2.05. The molecule has 0 bridgehead atoms. The number of hydrogen-bond donors (Lipinski definition) is 1. The average molecular weight is 365 g/mol. The van der Waals surface area contributed by atoms with Crippen molar-refractivity contribution >= 4 is 0 Å². The highest BCUT2D eigenvalue weighted by Crippen LogP contribution is 2.36. The molecule has 2 rings (SSSR count). The maximum Gasteiger partial charge on any atom is 0.416 e. The van der Waals surface area contributed by atoms with Gasteiger partial charge in [-0.25, -0.2) is 0 Å². The molecule has 0 saturated heterocycles. The van der Waals surface area contributed by atoms with Crippen molar-refractivity contribution in [3.05, 3.63) is 65.0 Å². The Morgan fingerprint density at radius 1 is 0.960 bits per heavy atom. The summed E-state index contributed by atoms with van der Waals surface area (Å²) in [5, 5.41) is 9.82. The van der Waals surface area contributed by atoms with Gasteiger partial charge in [-0.3, -0.25) is 4.98 Å². The molecule has 0 fully saturated rings. The Balaban J connectivity index is 2.11. The largest absolute Gasteiger partial charge is 0.416 e. The Morgan fingerprint density at radius 2 is 1.56 bits per heavy atom. The third-order valence-electron chi connectivity index (χ3n) is 3.22. The zero-order chi connectivity index (χ0) is 18.7. The number of pyridine rings is 1. The number of aromatic nitrogens is 1. The molecule has 25 heavy (non-hydrogen) atoms. The number of aliphatic hydroxyl groups excluding tert-OH is 1. The van der Waals surface area contributed by atoms with Gasteiger partial charge in [0.25, 0.3) is 0 Å². The molecule has 1 heterocycles. The molecule has 1 N–H and O–H groups in total. The topological polar surface area (TPSA) is 42.4 Å². The van der Waals surface area contributed by atoms with Gasteiger partial charge in [-0.2, -0.15) is 26.3 Å². The summed E-state index contributed by atoms with van der Waals surface area (Å²) in [4.78, 5) is 3.87. The summed E-state index contributed by atoms with van der Waals surface area (Å²) < 4.78 is 81.6. The van der Waals surface area contributed by atoms with Gasteiger partial charge >= 0.3 is 12.4 Å². The van der Waals surface area contributed by atoms with Crippen molar-refractivity contribution in [2.45, 2.75) is 25.1 Å². The highest BCUT2D eigenvalue weighted by Gasteiger charge is 2.36. The first-order valence-electron chi connectivity index (χ1n) is 7.02. The Morgan fingerprint density at radius 3 is 2.04 bits per heavy atom. The Hall–Kier alpha value is -2.13. The molecule has 0 aliphatic heterocycles. The van der Waals surface area contributed by atoms with Crippen LogP contribution in [0.4, 0.5) is 26.3 Å². The smallest absolute Gasteiger partial charge is 0.384 e. The van der Waals surface area contributed by atoms with Gasteiger partial charge in [-0.1, -0.05) is 6.07 Å². The first kappa shape index (κ1) is 19.2. The third-order valence-corrected chi connectivity index (χ3v) is 3.22. The van der Waals surface area contributed by atoms with Gasteiger partial charge in [0.2, 0.25) is 0 Å². The molecule has 0 aliphatic rings. The van der Waals surface area contributed by atoms with Gasteiger partial charge < -0.3 is 9.84 Å². The van der Waals surface area contributed by atoms with E-state index in [0.717, 1.165) is 0 Å². The molecule has 0 amide bonds. The summed E-state index contributed by atoms with van der Waals surface area (Å²) in [6.45, 7) is -0.842. The third kappa shape index (κ3) is 5.43. The summed E-state index contributed by atoms with van der Waals surface area (Å²) >= 11 is 0. The molecule has 3 nitrogen and oxygen atoms in total. The molecular formula is C16H13F6NO2. The molecule has 1 unspecified atom stereocenters. The maximum atomic E-state index is 12.8. The normalized spacial score (nSPS) is 13.7. The zero-order valence-electron chi connectivity index (χ0n) is 12.6. The lowest BCUT2D eigenvalue weighted by Gasteiger charge is -2.15. The van der Waals surface area contributed by atoms with E-state index in [2.05, 4.69) is 4.98 Å². The predicted octanol–water partition coefficient (Wildman–Crippen LogP) is 4.37. The molecule has 0 saturated carbocycles. The minimum absolute atomic E-state index is 0.0479. The quantitative estimate of drug-likeness (QED) is 0.800. The monoisotopic (exact) mass is 365 g/mol. The lowest BCUT2D eigenvalue weighted by Crippen LogP contribution is -2.13. The van der Waals surface area contributed by atoms with Crippen molar-refractivity contribution in [3.8, 4) is 0 Å². The number of benzene rings is 1. The minimum Gasteiger partial charge on any atom is -0.384 e. The van der Waals surface area contributed by atoms with Crippen molar-refractivity contribution in [2.75, 3.05) is 6.61 Å². The predicted molar refractivity (Wildman–Crippen MR) is 75.3 cm³/mol. The van der Waals surface area contributed by atoms with E-state index in [-0.39, 0.29) is 23.9 Å². The number of halogens is 6. The first-order valence-corrected chi connectivity index (χ1v) is 7.02. The van der Waals surface area contributed by atoms with Crippen LogP contribution in [-0.4, -0.2) is 16.7 Å². The van der Waals surface area contributed by atoms with Gasteiger partial charge in [0.15, 0.2) is 0 Å². The number of ether oxygens (including phenoxy) is 1. The number of alkyl halides is 6. The summed E-state index contributed by atoms with van der Waals surface area (Å²) in [5.74, 6) is 0. The average Bonchev–Trinajstić information content (AvgIpc) is 2.53. The second-order valence-electron chi connectivity index (χ2n) is 5.20. The van der Waals surface area contributed by atoms with Gasteiger partial charge in [0, 0.05) is 6.20 Å². The van der Waals surface area contributed by atoms with Gasteiger partial charge in [-0.05, 0) is 35.9 Å². The van der Waals surface area contributed by atoms with E-state index < -0.39 is 36.2 Å². The van der Waals surface area contributed by atoms with Crippen LogP contribution in [-0.2, 0) is 23.7 Å². The van der Waals surface area contributed by atoms with E-state index in [1.54, 1.807) is 12.1 Å². The van der Waals surface area contributed by atoms with Crippen LogP contribution < -0.4 is 0 Å². The maximum absolute atomic E-state index is 12.8. The molecule has 136 valence electrons. The van der Waals surface area contributed by atoms with Crippen molar-refractivity contribution in [3.63, 3.8) is 0 Å². The second kappa shape index (κ2) is 7.40. The molecular weight excluding hydrogens is 352 g/mol. The van der Waals surface area contributed by atoms with Crippen LogP contribution in [0.3, 0.4) is 0 Å². The summed E-state index contributed by atoms with van der Waals surface area (Å²) in [6, 6.07) is 5.98. The standard InChI is InChI=1S/C16H13F6NO2/c17-15(18,19)11-5-10(6-12(7-11)16(20,21)22)8-25-9-14(24)13-3-1-2-4-23-13/h1-7,14,24H,8-9H2. The molecule has 0 radical (unpaired) electrons. The number of aliphatic hydroxyl groups is 1. The van der Waals surface area contributed by atoms with Gasteiger partial charge in [-0.15, -0.1) is 0 Å². The minimum atomic E-state index is -4.91. The molecule has 0 aliphatic carbocycles. The van der Waals surface area contributed by atoms with Crippen molar-refractivity contribution in [2.24, 2.45) is 0 Å². The highest BCUT2D eigenvalue weighted by molar-refractivity contribution is 5.33. The molecule has 1 aromatic carbocycles. The fraction of sp³-hybridized carbons (Fsp3) is 0.312. The zero-order valence-corrected chi connectivity index (χ0v) is 12.6. The van der Waals surface area contributed by atoms with Crippen LogP contribution in [0.1, 0.15) is 28.5 Å². The van der Waals surface area contributed by atoms with E-state index in [1.165, 1.54) is 12.3 Å².